The molecule has 2 N–H and O–H groups in total. The van der Waals surface area contributed by atoms with Gasteiger partial charge in [0.05, 0.1) is 0 Å². The Balaban J connectivity index is 1.86. The van der Waals surface area contributed by atoms with E-state index in [1.54, 1.807) is 23.9 Å². The molecule has 0 aromatic rings. The average Bonchev–Trinajstić information content (AvgIpc) is 2.43. The number of nitrogens with zero attached hydrogens (tertiary/aromatic N) is 3. The van der Waals surface area contributed by atoms with Gasteiger partial charge in [-0.05, 0) is 40.5 Å². The van der Waals surface area contributed by atoms with Gasteiger partial charge in [-0.1, -0.05) is 0 Å². The van der Waals surface area contributed by atoms with E-state index in [0.29, 0.717) is 26.2 Å². The van der Waals surface area contributed by atoms with Crippen LogP contribution in [0.25, 0.3) is 0 Å². The van der Waals surface area contributed by atoms with Crippen molar-refractivity contribution in [2.75, 3.05) is 40.3 Å². The van der Waals surface area contributed by atoms with Gasteiger partial charge in [-0.2, -0.15) is 0 Å². The summed E-state index contributed by atoms with van der Waals surface area (Å²) in [4.78, 5) is 29.7. The number of nitrogens with one attached hydrogen (secondary N) is 2. The summed E-state index contributed by atoms with van der Waals surface area (Å²) in [5.41, 5.74) is 0.0209. The molecule has 0 bridgehead atoms. The second-order valence-electron chi connectivity index (χ2n) is 8.60. The third-order valence-electron chi connectivity index (χ3n) is 4.74. The number of amides is 4. The maximum absolute atomic E-state index is 12.6. The summed E-state index contributed by atoms with van der Waals surface area (Å²) in [7, 11) is 3.50. The molecule has 2 aliphatic rings. The maximum Gasteiger partial charge on any atom is 0.319 e. The molecule has 0 radical (unpaired) electrons. The monoisotopic (exact) mass is 339 g/mol. The summed E-state index contributed by atoms with van der Waals surface area (Å²) >= 11 is 0. The number of carbonyl (C=O) groups is 2. The Morgan fingerprint density at radius 1 is 0.958 bits per heavy atom. The maximum atomic E-state index is 12.6. The van der Waals surface area contributed by atoms with Crippen molar-refractivity contribution < 1.29 is 9.59 Å². The SMILES string of the molecule is CN(C)C(=O)N1CCN(C(=O)NC2CC(C)(C)NC(C)(C)C2)CC1. The van der Waals surface area contributed by atoms with Crippen LogP contribution in [0.15, 0.2) is 0 Å². The van der Waals surface area contributed by atoms with Crippen molar-refractivity contribution in [1.29, 1.82) is 0 Å². The van der Waals surface area contributed by atoms with Crippen LogP contribution in [-0.2, 0) is 0 Å². The molecule has 0 aromatic carbocycles. The quantitative estimate of drug-likeness (QED) is 0.757. The fraction of sp³-hybridized carbons (Fsp3) is 0.882. The molecule has 0 spiro atoms. The minimum atomic E-state index is -0.00884. The molecule has 0 atom stereocenters. The number of piperidine rings is 1. The Morgan fingerprint density at radius 3 is 1.88 bits per heavy atom. The van der Waals surface area contributed by atoms with Crippen LogP contribution in [-0.4, -0.2) is 84.2 Å². The highest BCUT2D eigenvalue weighted by Crippen LogP contribution is 2.28. The smallest absolute Gasteiger partial charge is 0.319 e. The van der Waals surface area contributed by atoms with Crippen LogP contribution in [0.5, 0.6) is 0 Å². The standard InChI is InChI=1S/C17H33N5O2/c1-16(2)11-13(12-17(3,4)19-16)18-14(23)21-7-9-22(10-8-21)15(24)20(5)6/h13,19H,7-12H2,1-6H3,(H,18,23). The van der Waals surface area contributed by atoms with Crippen LogP contribution in [0.2, 0.25) is 0 Å². The summed E-state index contributed by atoms with van der Waals surface area (Å²) < 4.78 is 0. The molecule has 2 heterocycles. The van der Waals surface area contributed by atoms with Gasteiger partial charge in [-0.3, -0.25) is 0 Å². The van der Waals surface area contributed by atoms with E-state index in [9.17, 15) is 9.59 Å². The van der Waals surface area contributed by atoms with Crippen molar-refractivity contribution in [3.63, 3.8) is 0 Å². The van der Waals surface area contributed by atoms with Crippen LogP contribution in [0.3, 0.4) is 0 Å². The van der Waals surface area contributed by atoms with Gasteiger partial charge in [0.15, 0.2) is 0 Å². The normalized spacial score (nSPS) is 23.8. The van der Waals surface area contributed by atoms with Crippen LogP contribution >= 0.6 is 0 Å². The Morgan fingerprint density at radius 2 is 1.42 bits per heavy atom. The number of piperazine rings is 1. The summed E-state index contributed by atoms with van der Waals surface area (Å²) in [6, 6.07) is 0.174. The second-order valence-corrected chi connectivity index (χ2v) is 8.60. The summed E-state index contributed by atoms with van der Waals surface area (Å²) in [5, 5.41) is 6.83. The zero-order valence-corrected chi connectivity index (χ0v) is 16.0. The van der Waals surface area contributed by atoms with Gasteiger partial charge in [0, 0.05) is 57.4 Å². The lowest BCUT2D eigenvalue weighted by Gasteiger charge is -2.47. The fourth-order valence-electron chi connectivity index (χ4n) is 4.07. The highest BCUT2D eigenvalue weighted by Gasteiger charge is 2.38. The molecule has 2 fully saturated rings. The first kappa shape index (κ1) is 18.8. The largest absolute Gasteiger partial charge is 0.335 e. The molecule has 24 heavy (non-hydrogen) atoms. The minimum absolute atomic E-state index is 0.00884. The van der Waals surface area contributed by atoms with E-state index >= 15 is 0 Å². The molecule has 2 rings (SSSR count). The Hall–Kier alpha value is -1.50. The lowest BCUT2D eigenvalue weighted by atomic mass is 9.80. The summed E-state index contributed by atoms with van der Waals surface area (Å²) in [6.07, 6.45) is 1.84. The first-order chi connectivity index (χ1) is 11.0. The number of hydrogen-bond acceptors (Lipinski definition) is 3. The molecule has 7 heteroatoms. The van der Waals surface area contributed by atoms with E-state index in [4.69, 9.17) is 0 Å². The van der Waals surface area contributed by atoms with E-state index in [1.807, 2.05) is 4.90 Å². The zero-order chi connectivity index (χ0) is 18.1. The number of carbonyl (C=O) groups excluding carboxylic acids is 2. The van der Waals surface area contributed by atoms with Gasteiger partial charge < -0.3 is 25.3 Å². The van der Waals surface area contributed by atoms with Crippen LogP contribution < -0.4 is 10.6 Å². The molecule has 138 valence electrons. The van der Waals surface area contributed by atoms with Crippen LogP contribution in [0, 0.1) is 0 Å². The van der Waals surface area contributed by atoms with Gasteiger partial charge in [-0.15, -0.1) is 0 Å². The second kappa shape index (κ2) is 6.78. The highest BCUT2D eigenvalue weighted by molar-refractivity contribution is 5.76. The van der Waals surface area contributed by atoms with Crippen LogP contribution in [0.1, 0.15) is 40.5 Å². The molecule has 4 amide bonds. The van der Waals surface area contributed by atoms with Crippen molar-refractivity contribution in [3.05, 3.63) is 0 Å². The first-order valence-electron chi connectivity index (χ1n) is 8.80. The Bertz CT molecular complexity index is 465. The predicted octanol–water partition coefficient (Wildman–Crippen LogP) is 1.30. The molecular weight excluding hydrogens is 306 g/mol. The summed E-state index contributed by atoms with van der Waals surface area (Å²) in [5.74, 6) is 0. The van der Waals surface area contributed by atoms with Gasteiger partial charge in [0.25, 0.3) is 0 Å². The first-order valence-corrected chi connectivity index (χ1v) is 8.80. The van der Waals surface area contributed by atoms with Gasteiger partial charge in [-0.25, -0.2) is 9.59 Å². The Labute approximate surface area is 145 Å². The average molecular weight is 339 g/mol. The molecule has 2 aliphatic heterocycles. The third-order valence-corrected chi connectivity index (χ3v) is 4.74. The third kappa shape index (κ3) is 4.75. The van der Waals surface area contributed by atoms with E-state index in [-0.39, 0.29) is 29.2 Å². The lowest BCUT2D eigenvalue weighted by molar-refractivity contribution is 0.117. The molecule has 0 unspecified atom stereocenters. The zero-order valence-electron chi connectivity index (χ0n) is 16.0. The Kier molecular flexibility index (Phi) is 5.32. The topological polar surface area (TPSA) is 67.9 Å². The predicted molar refractivity (Wildman–Crippen MR) is 95.1 cm³/mol. The number of urea groups is 2. The number of hydrogen-bond donors (Lipinski definition) is 2. The van der Waals surface area contributed by atoms with E-state index < -0.39 is 0 Å². The van der Waals surface area contributed by atoms with E-state index in [1.165, 1.54) is 0 Å². The molecular formula is C17H33N5O2. The van der Waals surface area contributed by atoms with Gasteiger partial charge in [0.1, 0.15) is 0 Å². The molecule has 0 aliphatic carbocycles. The van der Waals surface area contributed by atoms with E-state index in [0.717, 1.165) is 12.8 Å². The molecule has 0 saturated carbocycles. The fourth-order valence-corrected chi connectivity index (χ4v) is 4.07. The summed E-state index contributed by atoms with van der Waals surface area (Å²) in [6.45, 7) is 11.1. The van der Waals surface area contributed by atoms with Crippen molar-refractivity contribution in [2.24, 2.45) is 0 Å². The molecule has 0 aromatic heterocycles. The lowest BCUT2D eigenvalue weighted by Crippen LogP contribution is -2.63. The van der Waals surface area contributed by atoms with Crippen molar-refractivity contribution in [1.82, 2.24) is 25.3 Å². The highest BCUT2D eigenvalue weighted by atomic mass is 16.2. The molecule has 2 saturated heterocycles. The molecule has 7 nitrogen and oxygen atoms in total. The van der Waals surface area contributed by atoms with Gasteiger partial charge in [0.2, 0.25) is 0 Å². The van der Waals surface area contributed by atoms with Crippen molar-refractivity contribution >= 4 is 12.1 Å². The number of rotatable bonds is 1. The van der Waals surface area contributed by atoms with Gasteiger partial charge >= 0.3 is 12.1 Å². The minimum Gasteiger partial charge on any atom is -0.335 e. The van der Waals surface area contributed by atoms with E-state index in [2.05, 4.69) is 38.3 Å². The van der Waals surface area contributed by atoms with Crippen molar-refractivity contribution in [2.45, 2.75) is 57.7 Å². The van der Waals surface area contributed by atoms with Crippen LogP contribution in [0.4, 0.5) is 9.59 Å². The van der Waals surface area contributed by atoms with Crippen molar-refractivity contribution in [3.8, 4) is 0 Å².